The predicted molar refractivity (Wildman–Crippen MR) is 126 cm³/mol. The van der Waals surface area contributed by atoms with Crippen molar-refractivity contribution in [2.45, 2.75) is 0 Å². The molecule has 0 saturated carbocycles. The Morgan fingerprint density at radius 3 is 2.59 bits per heavy atom. The molecule has 0 radical (unpaired) electrons. The monoisotopic (exact) mass is 453 g/mol. The van der Waals surface area contributed by atoms with Crippen molar-refractivity contribution in [3.63, 3.8) is 0 Å². The number of anilines is 1. The van der Waals surface area contributed by atoms with E-state index < -0.39 is 0 Å². The molecule has 166 valence electrons. The van der Waals surface area contributed by atoms with Gasteiger partial charge in [0, 0.05) is 60.3 Å². The summed E-state index contributed by atoms with van der Waals surface area (Å²) in [6, 6.07) is 10.1. The quantitative estimate of drug-likeness (QED) is 0.549. The van der Waals surface area contributed by atoms with Crippen molar-refractivity contribution >= 4 is 34.2 Å². The summed E-state index contributed by atoms with van der Waals surface area (Å²) >= 11 is 6.55. The van der Waals surface area contributed by atoms with Crippen molar-refractivity contribution in [3.05, 3.63) is 65.7 Å². The molecule has 6 nitrogen and oxygen atoms in total. The van der Waals surface area contributed by atoms with Gasteiger partial charge in [-0.3, -0.25) is 4.79 Å². The highest BCUT2D eigenvalue weighted by molar-refractivity contribution is 6.34. The number of benzene rings is 2. The lowest BCUT2D eigenvalue weighted by Crippen LogP contribution is -2.48. The molecular weight excluding hydrogens is 429 g/mol. The number of likely N-dealkylation sites (N-methyl/N-ethyl adjacent to an activating group) is 1. The molecule has 0 spiro atoms. The summed E-state index contributed by atoms with van der Waals surface area (Å²) in [6.07, 6.45) is 5.03. The molecule has 2 aromatic carbocycles. The first kappa shape index (κ1) is 22.2. The zero-order chi connectivity index (χ0) is 22.7. The summed E-state index contributed by atoms with van der Waals surface area (Å²) in [7, 11) is 3.93. The van der Waals surface area contributed by atoms with Crippen molar-refractivity contribution in [3.8, 4) is 11.1 Å². The number of fused-ring (bicyclic) bond motifs is 1. The molecule has 32 heavy (non-hydrogen) atoms. The topological polar surface area (TPSA) is 52.6 Å². The molecule has 1 aliphatic heterocycles. The van der Waals surface area contributed by atoms with E-state index in [4.69, 9.17) is 11.6 Å². The molecule has 3 aromatic rings. The number of aromatic nitrogens is 2. The Morgan fingerprint density at radius 1 is 1.12 bits per heavy atom. The summed E-state index contributed by atoms with van der Waals surface area (Å²) in [4.78, 5) is 27.3. The Labute approximate surface area is 191 Å². The number of amides is 1. The van der Waals surface area contributed by atoms with Crippen LogP contribution in [-0.4, -0.2) is 72.5 Å². The summed E-state index contributed by atoms with van der Waals surface area (Å²) in [5.74, 6) is 0.465. The molecule has 0 atom stereocenters. The van der Waals surface area contributed by atoms with Crippen LogP contribution in [0.4, 0.5) is 10.2 Å². The Hall–Kier alpha value is -3.03. The van der Waals surface area contributed by atoms with Crippen LogP contribution < -0.4 is 4.90 Å². The normalized spacial score (nSPS) is 14.7. The van der Waals surface area contributed by atoms with Crippen molar-refractivity contribution in [2.75, 3.05) is 51.7 Å². The number of carbonyl (C=O) groups excluding carboxylic acids is 1. The van der Waals surface area contributed by atoms with Crippen LogP contribution in [0.15, 0.2) is 54.9 Å². The van der Waals surface area contributed by atoms with Crippen LogP contribution in [0.1, 0.15) is 0 Å². The van der Waals surface area contributed by atoms with Crippen LogP contribution in [0.25, 0.3) is 22.0 Å². The van der Waals surface area contributed by atoms with Crippen molar-refractivity contribution < 1.29 is 9.18 Å². The molecule has 1 fully saturated rings. The van der Waals surface area contributed by atoms with E-state index in [-0.39, 0.29) is 11.7 Å². The summed E-state index contributed by atoms with van der Waals surface area (Å²) in [5, 5.41) is 1.25. The Morgan fingerprint density at radius 2 is 1.88 bits per heavy atom. The fourth-order valence-corrected chi connectivity index (χ4v) is 4.07. The Kier molecular flexibility index (Phi) is 6.67. The average molecular weight is 454 g/mol. The first-order valence-electron chi connectivity index (χ1n) is 10.5. The molecule has 0 aliphatic carbocycles. The zero-order valence-corrected chi connectivity index (χ0v) is 18.9. The van der Waals surface area contributed by atoms with E-state index in [1.807, 2.05) is 30.0 Å². The molecule has 2 heterocycles. The van der Waals surface area contributed by atoms with Crippen LogP contribution >= 0.6 is 11.6 Å². The van der Waals surface area contributed by atoms with Crippen LogP contribution in [0.5, 0.6) is 0 Å². The first-order valence-corrected chi connectivity index (χ1v) is 10.9. The highest BCUT2D eigenvalue weighted by Gasteiger charge is 2.23. The van der Waals surface area contributed by atoms with Gasteiger partial charge in [-0.05, 0) is 32.3 Å². The van der Waals surface area contributed by atoms with Gasteiger partial charge < -0.3 is 14.7 Å². The number of hydrogen-bond donors (Lipinski definition) is 0. The SMILES string of the molecule is CN(C)CC=CC(=O)N1CCN(c2ncnc3cc(-c4ccccc4F)c(Cl)cc23)CC1. The molecule has 0 N–H and O–H groups in total. The number of carbonyl (C=O) groups is 1. The Balaban J connectivity index is 1.55. The summed E-state index contributed by atoms with van der Waals surface area (Å²) < 4.78 is 14.3. The van der Waals surface area contributed by atoms with Gasteiger partial charge in [0.05, 0.1) is 5.52 Å². The minimum absolute atomic E-state index is 0.0246. The smallest absolute Gasteiger partial charge is 0.246 e. The zero-order valence-electron chi connectivity index (χ0n) is 18.1. The van der Waals surface area contributed by atoms with E-state index >= 15 is 0 Å². The second kappa shape index (κ2) is 9.63. The minimum atomic E-state index is -0.330. The largest absolute Gasteiger partial charge is 0.352 e. The molecule has 1 aromatic heterocycles. The fourth-order valence-electron chi connectivity index (χ4n) is 3.81. The van der Waals surface area contributed by atoms with Crippen LogP contribution in [0.3, 0.4) is 0 Å². The third-order valence-electron chi connectivity index (χ3n) is 5.49. The van der Waals surface area contributed by atoms with Crippen molar-refractivity contribution in [1.29, 1.82) is 0 Å². The van der Waals surface area contributed by atoms with E-state index in [0.29, 0.717) is 47.8 Å². The van der Waals surface area contributed by atoms with Gasteiger partial charge in [0.2, 0.25) is 5.91 Å². The van der Waals surface area contributed by atoms with Crippen molar-refractivity contribution in [2.24, 2.45) is 0 Å². The number of nitrogens with zero attached hydrogens (tertiary/aromatic N) is 5. The van der Waals surface area contributed by atoms with Crippen LogP contribution in [0.2, 0.25) is 5.02 Å². The second-order valence-electron chi connectivity index (χ2n) is 8.00. The maximum atomic E-state index is 14.3. The first-order chi connectivity index (χ1) is 15.4. The summed E-state index contributed by atoms with van der Waals surface area (Å²) in [5.41, 5.74) is 1.73. The van der Waals surface area contributed by atoms with Gasteiger partial charge in [0.15, 0.2) is 0 Å². The molecule has 0 unspecified atom stereocenters. The maximum absolute atomic E-state index is 14.3. The summed E-state index contributed by atoms with van der Waals surface area (Å²) in [6.45, 7) is 3.27. The average Bonchev–Trinajstić information content (AvgIpc) is 2.78. The second-order valence-corrected chi connectivity index (χ2v) is 8.41. The van der Waals surface area contributed by atoms with E-state index in [1.54, 1.807) is 36.4 Å². The van der Waals surface area contributed by atoms with Gasteiger partial charge in [-0.1, -0.05) is 35.9 Å². The lowest BCUT2D eigenvalue weighted by Gasteiger charge is -2.35. The molecule has 1 amide bonds. The van der Waals surface area contributed by atoms with E-state index in [9.17, 15) is 9.18 Å². The number of hydrogen-bond acceptors (Lipinski definition) is 5. The fraction of sp³-hybridized carbons (Fsp3) is 0.292. The number of rotatable bonds is 5. The van der Waals surface area contributed by atoms with Gasteiger partial charge in [-0.25, -0.2) is 14.4 Å². The van der Waals surface area contributed by atoms with Gasteiger partial charge in [0.1, 0.15) is 18.0 Å². The number of halogens is 2. The van der Waals surface area contributed by atoms with Gasteiger partial charge in [-0.2, -0.15) is 0 Å². The highest BCUT2D eigenvalue weighted by Crippen LogP contribution is 2.35. The van der Waals surface area contributed by atoms with E-state index in [2.05, 4.69) is 14.9 Å². The Bertz CT molecular complexity index is 1160. The number of piperazine rings is 1. The molecular formula is C24H25ClFN5O. The standard InChI is InChI=1S/C24H25ClFN5O/c1-29(2)9-5-8-23(32)30-10-12-31(13-11-30)24-19-14-20(25)18(15-22(19)27-16-28-24)17-6-3-4-7-21(17)26/h3-8,14-16H,9-13H2,1-2H3. The van der Waals surface area contributed by atoms with Gasteiger partial charge in [-0.15, -0.1) is 0 Å². The van der Waals surface area contributed by atoms with Gasteiger partial charge >= 0.3 is 0 Å². The van der Waals surface area contributed by atoms with Crippen molar-refractivity contribution in [1.82, 2.24) is 19.8 Å². The highest BCUT2D eigenvalue weighted by atomic mass is 35.5. The minimum Gasteiger partial charge on any atom is -0.352 e. The van der Waals surface area contributed by atoms with Gasteiger partial charge in [0.25, 0.3) is 0 Å². The van der Waals surface area contributed by atoms with Crippen LogP contribution in [-0.2, 0) is 4.79 Å². The molecule has 1 saturated heterocycles. The van der Waals surface area contributed by atoms with E-state index in [1.165, 1.54) is 12.4 Å². The van der Waals surface area contributed by atoms with E-state index in [0.717, 1.165) is 17.7 Å². The molecule has 4 rings (SSSR count). The third kappa shape index (κ3) is 4.74. The maximum Gasteiger partial charge on any atom is 0.246 e. The lowest BCUT2D eigenvalue weighted by atomic mass is 10.0. The molecule has 0 bridgehead atoms. The third-order valence-corrected chi connectivity index (χ3v) is 5.80. The molecule has 1 aliphatic rings. The molecule has 8 heteroatoms. The lowest BCUT2D eigenvalue weighted by molar-refractivity contribution is -0.126. The van der Waals surface area contributed by atoms with Crippen LogP contribution in [0, 0.1) is 5.82 Å². The predicted octanol–water partition coefficient (Wildman–Crippen LogP) is 3.86.